The molecule has 7 heteroatoms. The standard InChI is InChI=1S/C13H12BrClN2O2S/c1-8-6-10(3-4-12(8)16)17-20(18,19)13-5-2-9(14)7-11(13)15/h2-7,17H,16H2,1H3. The molecule has 0 heterocycles. The van der Waals surface area contributed by atoms with E-state index in [1.807, 2.05) is 0 Å². The lowest BCUT2D eigenvalue weighted by atomic mass is 10.2. The Bertz CT molecular complexity index is 763. The number of sulfonamides is 1. The average molecular weight is 376 g/mol. The summed E-state index contributed by atoms with van der Waals surface area (Å²) in [6.45, 7) is 1.81. The summed E-state index contributed by atoms with van der Waals surface area (Å²) in [6.07, 6.45) is 0. The molecule has 0 unspecified atom stereocenters. The molecule has 0 saturated heterocycles. The Morgan fingerprint density at radius 1 is 1.20 bits per heavy atom. The summed E-state index contributed by atoms with van der Waals surface area (Å²) >= 11 is 9.20. The lowest BCUT2D eigenvalue weighted by Crippen LogP contribution is -2.13. The summed E-state index contributed by atoms with van der Waals surface area (Å²) in [5.74, 6) is 0. The first kappa shape index (κ1) is 15.2. The zero-order chi connectivity index (χ0) is 14.9. The molecular weight excluding hydrogens is 364 g/mol. The Morgan fingerprint density at radius 2 is 1.90 bits per heavy atom. The highest BCUT2D eigenvalue weighted by molar-refractivity contribution is 9.10. The van der Waals surface area contributed by atoms with E-state index in [-0.39, 0.29) is 9.92 Å². The molecule has 0 spiro atoms. The number of nitrogens with one attached hydrogen (secondary N) is 1. The number of rotatable bonds is 3. The maximum atomic E-state index is 12.3. The maximum absolute atomic E-state index is 12.3. The number of nitrogen functional groups attached to an aromatic ring is 1. The molecule has 3 N–H and O–H groups in total. The van der Waals surface area contributed by atoms with Crippen LogP contribution in [0.3, 0.4) is 0 Å². The smallest absolute Gasteiger partial charge is 0.263 e. The first-order chi connectivity index (χ1) is 9.29. The van der Waals surface area contributed by atoms with Crippen molar-refractivity contribution in [2.24, 2.45) is 0 Å². The van der Waals surface area contributed by atoms with Gasteiger partial charge in [0.05, 0.1) is 5.02 Å². The molecule has 0 aromatic heterocycles. The molecule has 2 rings (SSSR count). The fourth-order valence-electron chi connectivity index (χ4n) is 1.64. The van der Waals surface area contributed by atoms with Crippen LogP contribution in [0.5, 0.6) is 0 Å². The first-order valence-corrected chi connectivity index (χ1v) is 8.29. The first-order valence-electron chi connectivity index (χ1n) is 5.63. The normalized spacial score (nSPS) is 11.3. The number of hydrogen-bond donors (Lipinski definition) is 2. The number of nitrogens with two attached hydrogens (primary N) is 1. The molecule has 0 aliphatic rings. The third-order valence-electron chi connectivity index (χ3n) is 2.71. The van der Waals surface area contributed by atoms with E-state index in [1.165, 1.54) is 12.1 Å². The molecule has 106 valence electrons. The Labute approximate surface area is 131 Å². The van der Waals surface area contributed by atoms with Gasteiger partial charge in [-0.1, -0.05) is 27.5 Å². The van der Waals surface area contributed by atoms with Crippen molar-refractivity contribution in [1.29, 1.82) is 0 Å². The highest BCUT2D eigenvalue weighted by atomic mass is 79.9. The van der Waals surface area contributed by atoms with E-state index in [4.69, 9.17) is 17.3 Å². The van der Waals surface area contributed by atoms with E-state index >= 15 is 0 Å². The Morgan fingerprint density at radius 3 is 2.50 bits per heavy atom. The molecule has 0 bridgehead atoms. The maximum Gasteiger partial charge on any atom is 0.263 e. The van der Waals surface area contributed by atoms with Gasteiger partial charge in [0, 0.05) is 15.8 Å². The van der Waals surface area contributed by atoms with Gasteiger partial charge in [0.25, 0.3) is 10.0 Å². The van der Waals surface area contributed by atoms with E-state index in [0.717, 1.165) is 5.56 Å². The van der Waals surface area contributed by atoms with E-state index < -0.39 is 10.0 Å². The Balaban J connectivity index is 2.38. The predicted molar refractivity (Wildman–Crippen MR) is 85.6 cm³/mol. The molecule has 0 aliphatic heterocycles. The zero-order valence-electron chi connectivity index (χ0n) is 10.5. The van der Waals surface area contributed by atoms with Crippen molar-refractivity contribution < 1.29 is 8.42 Å². The average Bonchev–Trinajstić information content (AvgIpc) is 2.33. The second kappa shape index (κ2) is 5.63. The zero-order valence-corrected chi connectivity index (χ0v) is 13.7. The van der Waals surface area contributed by atoms with Crippen LogP contribution in [0.25, 0.3) is 0 Å². The van der Waals surface area contributed by atoms with Gasteiger partial charge in [-0.05, 0) is 48.9 Å². The lowest BCUT2D eigenvalue weighted by Gasteiger charge is -2.11. The van der Waals surface area contributed by atoms with Crippen LogP contribution in [-0.2, 0) is 10.0 Å². The van der Waals surface area contributed by atoms with Gasteiger partial charge in [0.2, 0.25) is 0 Å². The SMILES string of the molecule is Cc1cc(NS(=O)(=O)c2ccc(Br)cc2Cl)ccc1N. The lowest BCUT2D eigenvalue weighted by molar-refractivity contribution is 0.601. The Kier molecular flexibility index (Phi) is 4.27. The molecule has 0 amide bonds. The van der Waals surface area contributed by atoms with E-state index in [2.05, 4.69) is 20.7 Å². The van der Waals surface area contributed by atoms with Crippen molar-refractivity contribution >= 4 is 48.9 Å². The van der Waals surface area contributed by atoms with E-state index in [9.17, 15) is 8.42 Å². The van der Waals surface area contributed by atoms with E-state index in [1.54, 1.807) is 31.2 Å². The molecule has 0 saturated carbocycles. The van der Waals surface area contributed by atoms with Crippen LogP contribution in [0.2, 0.25) is 5.02 Å². The molecule has 0 aliphatic carbocycles. The Hall–Kier alpha value is -1.24. The molecule has 0 atom stereocenters. The van der Waals surface area contributed by atoms with Crippen molar-refractivity contribution in [2.75, 3.05) is 10.5 Å². The van der Waals surface area contributed by atoms with Gasteiger partial charge >= 0.3 is 0 Å². The van der Waals surface area contributed by atoms with Crippen LogP contribution in [-0.4, -0.2) is 8.42 Å². The van der Waals surface area contributed by atoms with Gasteiger partial charge in [-0.15, -0.1) is 0 Å². The summed E-state index contributed by atoms with van der Waals surface area (Å²) < 4.78 is 27.8. The monoisotopic (exact) mass is 374 g/mol. The highest BCUT2D eigenvalue weighted by Gasteiger charge is 2.18. The fourth-order valence-corrected chi connectivity index (χ4v) is 3.73. The summed E-state index contributed by atoms with van der Waals surface area (Å²) in [4.78, 5) is 0.0249. The third kappa shape index (κ3) is 3.26. The number of anilines is 2. The molecule has 20 heavy (non-hydrogen) atoms. The number of halogens is 2. The third-order valence-corrected chi connectivity index (χ3v) is 5.06. The highest BCUT2D eigenvalue weighted by Crippen LogP contribution is 2.27. The fraction of sp³-hybridized carbons (Fsp3) is 0.0769. The van der Waals surface area contributed by atoms with E-state index in [0.29, 0.717) is 15.8 Å². The molecular formula is C13H12BrClN2O2S. The molecule has 4 nitrogen and oxygen atoms in total. The van der Waals surface area contributed by atoms with Crippen LogP contribution >= 0.6 is 27.5 Å². The van der Waals surface area contributed by atoms with Gasteiger partial charge in [0.1, 0.15) is 4.90 Å². The summed E-state index contributed by atoms with van der Waals surface area (Å²) in [6, 6.07) is 9.51. The van der Waals surface area contributed by atoms with Crippen molar-refractivity contribution in [1.82, 2.24) is 0 Å². The summed E-state index contributed by atoms with van der Waals surface area (Å²) in [5, 5.41) is 0.152. The number of aryl methyl sites for hydroxylation is 1. The van der Waals surface area contributed by atoms with Gasteiger partial charge < -0.3 is 5.73 Å². The number of benzene rings is 2. The quantitative estimate of drug-likeness (QED) is 0.802. The van der Waals surface area contributed by atoms with Gasteiger partial charge in [0.15, 0.2) is 0 Å². The van der Waals surface area contributed by atoms with Crippen molar-refractivity contribution in [3.63, 3.8) is 0 Å². The largest absolute Gasteiger partial charge is 0.399 e. The minimum absolute atomic E-state index is 0.0249. The van der Waals surface area contributed by atoms with Crippen LogP contribution in [0.4, 0.5) is 11.4 Å². The van der Waals surface area contributed by atoms with Crippen molar-refractivity contribution in [2.45, 2.75) is 11.8 Å². The summed E-state index contributed by atoms with van der Waals surface area (Å²) in [7, 11) is -3.73. The molecule has 0 fully saturated rings. The van der Waals surface area contributed by atoms with Gasteiger partial charge in [-0.3, -0.25) is 4.72 Å². The second-order valence-corrected chi connectivity index (χ2v) is 7.23. The van der Waals surface area contributed by atoms with Gasteiger partial charge in [-0.25, -0.2) is 8.42 Å². The molecule has 2 aromatic carbocycles. The minimum atomic E-state index is -3.73. The van der Waals surface area contributed by atoms with Crippen LogP contribution in [0.15, 0.2) is 45.8 Å². The summed E-state index contributed by atoms with van der Waals surface area (Å²) in [5.41, 5.74) is 7.55. The predicted octanol–water partition coefficient (Wildman–Crippen LogP) is 3.79. The van der Waals surface area contributed by atoms with Crippen molar-refractivity contribution in [3.05, 3.63) is 51.5 Å². The van der Waals surface area contributed by atoms with Crippen LogP contribution < -0.4 is 10.5 Å². The molecule has 2 aromatic rings. The van der Waals surface area contributed by atoms with Gasteiger partial charge in [-0.2, -0.15) is 0 Å². The van der Waals surface area contributed by atoms with Crippen molar-refractivity contribution in [3.8, 4) is 0 Å². The van der Waals surface area contributed by atoms with Crippen LogP contribution in [0, 0.1) is 6.92 Å². The topological polar surface area (TPSA) is 72.2 Å². The van der Waals surface area contributed by atoms with Crippen LogP contribution in [0.1, 0.15) is 5.56 Å². The molecule has 0 radical (unpaired) electrons. The number of hydrogen-bond acceptors (Lipinski definition) is 3. The minimum Gasteiger partial charge on any atom is -0.399 e. The second-order valence-electron chi connectivity index (χ2n) is 4.25.